The van der Waals surface area contributed by atoms with Gasteiger partial charge in [0.15, 0.2) is 0 Å². The zero-order valence-corrected chi connectivity index (χ0v) is 12.0. The van der Waals surface area contributed by atoms with Crippen molar-refractivity contribution >= 4 is 0 Å². The van der Waals surface area contributed by atoms with Crippen LogP contribution in [0.2, 0.25) is 0 Å². The van der Waals surface area contributed by atoms with Gasteiger partial charge in [0.1, 0.15) is 0 Å². The van der Waals surface area contributed by atoms with Gasteiger partial charge in [0.2, 0.25) is 0 Å². The van der Waals surface area contributed by atoms with Crippen LogP contribution in [-0.4, -0.2) is 38.3 Å². The first kappa shape index (κ1) is 15.9. The Morgan fingerprint density at radius 1 is 0.938 bits per heavy atom. The van der Waals surface area contributed by atoms with E-state index < -0.39 is 0 Å². The summed E-state index contributed by atoms with van der Waals surface area (Å²) in [4.78, 5) is 2.53. The highest BCUT2D eigenvalue weighted by molar-refractivity contribution is 4.82. The largest absolute Gasteiger partial charge is 0.384 e. The van der Waals surface area contributed by atoms with Crippen LogP contribution >= 0.6 is 0 Å². The summed E-state index contributed by atoms with van der Waals surface area (Å²) < 4.78 is 5.48. The Bertz CT molecular complexity index is 138. The number of rotatable bonds is 10. The third-order valence-electron chi connectivity index (χ3n) is 3.46. The summed E-state index contributed by atoms with van der Waals surface area (Å²) in [5, 5.41) is 0. The Kier molecular flexibility index (Phi) is 8.96. The molecule has 0 aliphatic rings. The van der Waals surface area contributed by atoms with E-state index in [0.717, 1.165) is 19.7 Å². The molecular weight excluding hydrogens is 198 g/mol. The SMILES string of the molecule is CCCC(CCC)(COC)CN(CC)CC. The van der Waals surface area contributed by atoms with E-state index in [-0.39, 0.29) is 0 Å². The summed E-state index contributed by atoms with van der Waals surface area (Å²) in [7, 11) is 1.84. The van der Waals surface area contributed by atoms with Crippen molar-refractivity contribution in [2.75, 3.05) is 33.4 Å². The zero-order chi connectivity index (χ0) is 12.4. The predicted octanol–water partition coefficient (Wildman–Crippen LogP) is 3.56. The third kappa shape index (κ3) is 5.31. The minimum absolute atomic E-state index is 0.379. The predicted molar refractivity (Wildman–Crippen MR) is 71.9 cm³/mol. The van der Waals surface area contributed by atoms with Crippen LogP contribution in [0.25, 0.3) is 0 Å². The molecule has 0 aliphatic heterocycles. The maximum Gasteiger partial charge on any atom is 0.0530 e. The molecule has 16 heavy (non-hydrogen) atoms. The lowest BCUT2D eigenvalue weighted by Gasteiger charge is -2.37. The molecule has 0 atom stereocenters. The average Bonchev–Trinajstić information content (AvgIpc) is 2.27. The van der Waals surface area contributed by atoms with Gasteiger partial charge in [-0.15, -0.1) is 0 Å². The number of ether oxygens (including phenoxy) is 1. The highest BCUT2D eigenvalue weighted by Gasteiger charge is 2.29. The van der Waals surface area contributed by atoms with Crippen molar-refractivity contribution in [3.05, 3.63) is 0 Å². The van der Waals surface area contributed by atoms with Gasteiger partial charge >= 0.3 is 0 Å². The molecule has 0 amide bonds. The first-order chi connectivity index (χ1) is 7.67. The van der Waals surface area contributed by atoms with Crippen LogP contribution in [-0.2, 0) is 4.74 Å². The Morgan fingerprint density at radius 3 is 1.75 bits per heavy atom. The maximum atomic E-state index is 5.48. The van der Waals surface area contributed by atoms with Gasteiger partial charge in [0, 0.05) is 19.1 Å². The fourth-order valence-electron chi connectivity index (χ4n) is 2.76. The molecule has 0 heterocycles. The van der Waals surface area contributed by atoms with Crippen molar-refractivity contribution in [2.24, 2.45) is 5.41 Å². The number of nitrogens with zero attached hydrogens (tertiary/aromatic N) is 1. The van der Waals surface area contributed by atoms with Gasteiger partial charge in [-0.2, -0.15) is 0 Å². The molecule has 0 bridgehead atoms. The molecular formula is C14H31NO. The Hall–Kier alpha value is -0.0800. The summed E-state index contributed by atoms with van der Waals surface area (Å²) in [5.74, 6) is 0. The zero-order valence-electron chi connectivity index (χ0n) is 12.0. The maximum absolute atomic E-state index is 5.48. The van der Waals surface area contributed by atoms with Crippen molar-refractivity contribution in [2.45, 2.75) is 53.4 Å². The minimum atomic E-state index is 0.379. The van der Waals surface area contributed by atoms with E-state index in [1.54, 1.807) is 0 Å². The molecule has 0 aromatic carbocycles. The van der Waals surface area contributed by atoms with E-state index >= 15 is 0 Å². The van der Waals surface area contributed by atoms with E-state index in [0.29, 0.717) is 5.41 Å². The molecule has 0 aromatic heterocycles. The van der Waals surface area contributed by atoms with Crippen molar-refractivity contribution in [3.8, 4) is 0 Å². The normalized spacial score (nSPS) is 12.4. The molecule has 2 nitrogen and oxygen atoms in total. The van der Waals surface area contributed by atoms with Gasteiger partial charge in [0.05, 0.1) is 6.61 Å². The molecule has 0 aliphatic carbocycles. The molecule has 0 radical (unpaired) electrons. The smallest absolute Gasteiger partial charge is 0.0530 e. The van der Waals surface area contributed by atoms with Gasteiger partial charge in [-0.25, -0.2) is 0 Å². The topological polar surface area (TPSA) is 12.5 Å². The monoisotopic (exact) mass is 229 g/mol. The minimum Gasteiger partial charge on any atom is -0.384 e. The molecule has 0 unspecified atom stereocenters. The van der Waals surface area contributed by atoms with Gasteiger partial charge in [-0.1, -0.05) is 40.5 Å². The lowest BCUT2D eigenvalue weighted by atomic mass is 9.79. The molecule has 98 valence electrons. The van der Waals surface area contributed by atoms with Crippen LogP contribution in [0.15, 0.2) is 0 Å². The molecule has 0 saturated carbocycles. The van der Waals surface area contributed by atoms with E-state index in [2.05, 4.69) is 32.6 Å². The average molecular weight is 229 g/mol. The van der Waals surface area contributed by atoms with Crippen LogP contribution in [0.1, 0.15) is 53.4 Å². The quantitative estimate of drug-likeness (QED) is 0.568. The molecule has 0 saturated heterocycles. The lowest BCUT2D eigenvalue weighted by Crippen LogP contribution is -2.40. The van der Waals surface area contributed by atoms with E-state index in [1.165, 1.54) is 32.2 Å². The molecule has 2 heteroatoms. The van der Waals surface area contributed by atoms with Gasteiger partial charge < -0.3 is 9.64 Å². The molecule has 0 fully saturated rings. The summed E-state index contributed by atoms with van der Waals surface area (Å²) >= 11 is 0. The Balaban J connectivity index is 4.56. The van der Waals surface area contributed by atoms with Crippen molar-refractivity contribution in [1.29, 1.82) is 0 Å². The van der Waals surface area contributed by atoms with Gasteiger partial charge in [0.25, 0.3) is 0 Å². The highest BCUT2D eigenvalue weighted by Crippen LogP contribution is 2.31. The fourth-order valence-corrected chi connectivity index (χ4v) is 2.76. The highest BCUT2D eigenvalue weighted by atomic mass is 16.5. The van der Waals surface area contributed by atoms with E-state index in [9.17, 15) is 0 Å². The first-order valence-electron chi connectivity index (χ1n) is 6.89. The summed E-state index contributed by atoms with van der Waals surface area (Å²) in [6.45, 7) is 13.5. The standard InChI is InChI=1S/C14H31NO/c1-6-10-14(11-7-2,13-16-5)12-15(8-3)9-4/h6-13H2,1-5H3. The number of methoxy groups -OCH3 is 1. The molecule has 0 spiro atoms. The lowest BCUT2D eigenvalue weighted by molar-refractivity contribution is 0.0331. The summed E-state index contributed by atoms with van der Waals surface area (Å²) in [6, 6.07) is 0. The van der Waals surface area contributed by atoms with Gasteiger partial charge in [-0.05, 0) is 25.9 Å². The molecule has 0 rings (SSSR count). The Morgan fingerprint density at radius 2 is 1.44 bits per heavy atom. The molecule has 0 aromatic rings. The second kappa shape index (κ2) is 9.00. The van der Waals surface area contributed by atoms with Gasteiger partial charge in [-0.3, -0.25) is 0 Å². The van der Waals surface area contributed by atoms with Crippen molar-refractivity contribution in [3.63, 3.8) is 0 Å². The number of hydrogen-bond donors (Lipinski definition) is 0. The van der Waals surface area contributed by atoms with Crippen LogP contribution < -0.4 is 0 Å². The van der Waals surface area contributed by atoms with Crippen LogP contribution in [0.4, 0.5) is 0 Å². The second-order valence-electron chi connectivity index (χ2n) is 4.89. The Labute approximate surface area is 102 Å². The number of hydrogen-bond acceptors (Lipinski definition) is 2. The second-order valence-corrected chi connectivity index (χ2v) is 4.89. The van der Waals surface area contributed by atoms with E-state index in [1.807, 2.05) is 7.11 Å². The molecule has 0 N–H and O–H groups in total. The van der Waals surface area contributed by atoms with Crippen LogP contribution in [0.5, 0.6) is 0 Å². The summed E-state index contributed by atoms with van der Waals surface area (Å²) in [6.07, 6.45) is 5.08. The van der Waals surface area contributed by atoms with Crippen molar-refractivity contribution in [1.82, 2.24) is 4.90 Å². The van der Waals surface area contributed by atoms with E-state index in [4.69, 9.17) is 4.74 Å². The fraction of sp³-hybridized carbons (Fsp3) is 1.00. The third-order valence-corrected chi connectivity index (χ3v) is 3.46. The van der Waals surface area contributed by atoms with Crippen molar-refractivity contribution < 1.29 is 4.74 Å². The summed E-state index contributed by atoms with van der Waals surface area (Å²) in [5.41, 5.74) is 0.379. The van der Waals surface area contributed by atoms with Crippen LogP contribution in [0, 0.1) is 5.41 Å². The van der Waals surface area contributed by atoms with Crippen LogP contribution in [0.3, 0.4) is 0 Å². The first-order valence-corrected chi connectivity index (χ1v) is 6.89.